The minimum atomic E-state index is -0.608. The van der Waals surface area contributed by atoms with Crippen LogP contribution in [0, 0.1) is 11.3 Å². The van der Waals surface area contributed by atoms with Gasteiger partial charge in [0.1, 0.15) is 6.04 Å². The van der Waals surface area contributed by atoms with Crippen molar-refractivity contribution in [1.29, 1.82) is 5.26 Å². The SMILES string of the molecule is CN(C)c1ccc(C(C#N)NNC(=O)c2ccccc2)cc1. The third-order valence-electron chi connectivity index (χ3n) is 3.24. The molecule has 0 aliphatic heterocycles. The summed E-state index contributed by atoms with van der Waals surface area (Å²) < 4.78 is 0. The minimum Gasteiger partial charge on any atom is -0.378 e. The molecule has 2 rings (SSSR count). The van der Waals surface area contributed by atoms with Crippen LogP contribution in [-0.4, -0.2) is 20.0 Å². The second kappa shape index (κ2) is 7.25. The molecule has 0 aromatic heterocycles. The predicted octanol–water partition coefficient (Wildman–Crippen LogP) is 2.25. The highest BCUT2D eigenvalue weighted by molar-refractivity contribution is 5.93. The van der Waals surface area contributed by atoms with Gasteiger partial charge in [0.25, 0.3) is 5.91 Å². The molecule has 1 atom stereocenters. The molecule has 0 saturated heterocycles. The number of nitrogens with one attached hydrogen (secondary N) is 2. The molecule has 1 unspecified atom stereocenters. The van der Waals surface area contributed by atoms with E-state index in [1.165, 1.54) is 0 Å². The molecule has 0 fully saturated rings. The number of nitriles is 1. The van der Waals surface area contributed by atoms with Gasteiger partial charge in [-0.05, 0) is 29.8 Å². The van der Waals surface area contributed by atoms with E-state index in [0.717, 1.165) is 11.3 Å². The molecule has 0 heterocycles. The molecule has 2 aromatic carbocycles. The van der Waals surface area contributed by atoms with E-state index in [1.54, 1.807) is 24.3 Å². The average Bonchev–Trinajstić information content (AvgIpc) is 2.56. The van der Waals surface area contributed by atoms with Gasteiger partial charge in [-0.25, -0.2) is 5.43 Å². The van der Waals surface area contributed by atoms with E-state index in [0.29, 0.717) is 5.56 Å². The third-order valence-corrected chi connectivity index (χ3v) is 3.24. The Morgan fingerprint density at radius 3 is 2.27 bits per heavy atom. The molecule has 2 N–H and O–H groups in total. The molecule has 0 bridgehead atoms. The van der Waals surface area contributed by atoms with Gasteiger partial charge < -0.3 is 4.90 Å². The fourth-order valence-electron chi connectivity index (χ4n) is 1.95. The van der Waals surface area contributed by atoms with Crippen LogP contribution in [0.1, 0.15) is 22.0 Å². The first-order valence-corrected chi connectivity index (χ1v) is 6.89. The zero-order valence-electron chi connectivity index (χ0n) is 12.6. The Bertz CT molecular complexity index is 659. The van der Waals surface area contributed by atoms with Crippen molar-refractivity contribution in [3.8, 4) is 6.07 Å². The number of carbonyl (C=O) groups excluding carboxylic acids is 1. The van der Waals surface area contributed by atoms with Gasteiger partial charge in [0.15, 0.2) is 0 Å². The molecule has 0 radical (unpaired) electrons. The lowest BCUT2D eigenvalue weighted by Gasteiger charge is -2.16. The third kappa shape index (κ3) is 3.84. The zero-order valence-corrected chi connectivity index (χ0v) is 12.6. The van der Waals surface area contributed by atoms with E-state index in [-0.39, 0.29) is 5.91 Å². The van der Waals surface area contributed by atoms with Crippen LogP contribution in [0.15, 0.2) is 54.6 Å². The van der Waals surface area contributed by atoms with Crippen LogP contribution < -0.4 is 15.8 Å². The van der Waals surface area contributed by atoms with Crippen molar-refractivity contribution in [3.63, 3.8) is 0 Å². The second-order valence-electron chi connectivity index (χ2n) is 5.01. The maximum atomic E-state index is 12.0. The van der Waals surface area contributed by atoms with E-state index < -0.39 is 6.04 Å². The first-order valence-electron chi connectivity index (χ1n) is 6.89. The van der Waals surface area contributed by atoms with Gasteiger partial charge in [0.05, 0.1) is 6.07 Å². The van der Waals surface area contributed by atoms with Crippen molar-refractivity contribution in [3.05, 3.63) is 65.7 Å². The molecule has 0 spiro atoms. The summed E-state index contributed by atoms with van der Waals surface area (Å²) >= 11 is 0. The molecule has 0 aliphatic rings. The fraction of sp³-hybridized carbons (Fsp3) is 0.176. The maximum Gasteiger partial charge on any atom is 0.265 e. The molecular formula is C17H18N4O. The van der Waals surface area contributed by atoms with E-state index in [9.17, 15) is 10.1 Å². The molecule has 0 aliphatic carbocycles. The summed E-state index contributed by atoms with van der Waals surface area (Å²) in [6.45, 7) is 0. The summed E-state index contributed by atoms with van der Waals surface area (Å²) in [5.41, 5.74) is 7.70. The molecule has 112 valence electrons. The first-order chi connectivity index (χ1) is 10.6. The molecule has 2 aromatic rings. The number of hydrogen-bond acceptors (Lipinski definition) is 4. The van der Waals surface area contributed by atoms with Gasteiger partial charge in [-0.2, -0.15) is 5.26 Å². The van der Waals surface area contributed by atoms with Crippen LogP contribution in [-0.2, 0) is 0 Å². The molecule has 0 saturated carbocycles. The highest BCUT2D eigenvalue weighted by Crippen LogP contribution is 2.17. The van der Waals surface area contributed by atoms with Crippen LogP contribution in [0.5, 0.6) is 0 Å². The standard InChI is InChI=1S/C17H18N4O/c1-21(2)15-10-8-13(9-11-15)16(12-18)19-20-17(22)14-6-4-3-5-7-14/h3-11,16,19H,1-2H3,(H,20,22). The Morgan fingerprint density at radius 2 is 1.73 bits per heavy atom. The topological polar surface area (TPSA) is 68.2 Å². The number of hydrogen-bond donors (Lipinski definition) is 2. The van der Waals surface area contributed by atoms with Crippen LogP contribution in [0.4, 0.5) is 5.69 Å². The Morgan fingerprint density at radius 1 is 1.09 bits per heavy atom. The quantitative estimate of drug-likeness (QED) is 0.830. The van der Waals surface area contributed by atoms with Crippen molar-refractivity contribution >= 4 is 11.6 Å². The highest BCUT2D eigenvalue weighted by atomic mass is 16.2. The zero-order chi connectivity index (χ0) is 15.9. The summed E-state index contributed by atoms with van der Waals surface area (Å²) in [4.78, 5) is 13.9. The van der Waals surface area contributed by atoms with E-state index in [1.807, 2.05) is 49.3 Å². The lowest BCUT2D eigenvalue weighted by molar-refractivity contribution is 0.0929. The van der Waals surface area contributed by atoms with Gasteiger partial charge in [0, 0.05) is 25.3 Å². The fourth-order valence-corrected chi connectivity index (χ4v) is 1.95. The maximum absolute atomic E-state index is 12.0. The van der Waals surface area contributed by atoms with Gasteiger partial charge in [-0.1, -0.05) is 30.3 Å². The summed E-state index contributed by atoms with van der Waals surface area (Å²) in [5.74, 6) is -0.272. The second-order valence-corrected chi connectivity index (χ2v) is 5.01. The van der Waals surface area contributed by atoms with Gasteiger partial charge in [-0.3, -0.25) is 10.2 Å². The normalized spacial score (nSPS) is 11.3. The lowest BCUT2D eigenvalue weighted by atomic mass is 10.1. The van der Waals surface area contributed by atoms with Crippen LogP contribution in [0.25, 0.3) is 0 Å². The van der Waals surface area contributed by atoms with Crippen LogP contribution in [0.2, 0.25) is 0 Å². The molecule has 5 nitrogen and oxygen atoms in total. The molecular weight excluding hydrogens is 276 g/mol. The number of carbonyl (C=O) groups is 1. The number of amides is 1. The van der Waals surface area contributed by atoms with Crippen molar-refractivity contribution in [1.82, 2.24) is 10.9 Å². The minimum absolute atomic E-state index is 0.272. The molecule has 5 heteroatoms. The highest BCUT2D eigenvalue weighted by Gasteiger charge is 2.12. The molecule has 22 heavy (non-hydrogen) atoms. The summed E-state index contributed by atoms with van der Waals surface area (Å²) in [7, 11) is 3.91. The Labute approximate surface area is 130 Å². The first kappa shape index (κ1) is 15.5. The number of rotatable bonds is 5. The average molecular weight is 294 g/mol. The lowest BCUT2D eigenvalue weighted by Crippen LogP contribution is -2.39. The number of nitrogens with zero attached hydrogens (tertiary/aromatic N) is 2. The van der Waals surface area contributed by atoms with Crippen LogP contribution in [0.3, 0.4) is 0 Å². The Kier molecular flexibility index (Phi) is 5.12. The summed E-state index contributed by atoms with van der Waals surface area (Å²) in [6, 6.07) is 18.0. The monoisotopic (exact) mass is 294 g/mol. The van der Waals surface area contributed by atoms with E-state index in [4.69, 9.17) is 0 Å². The number of benzene rings is 2. The van der Waals surface area contributed by atoms with Crippen molar-refractivity contribution in [2.24, 2.45) is 0 Å². The predicted molar refractivity (Wildman–Crippen MR) is 86.2 cm³/mol. The van der Waals surface area contributed by atoms with E-state index >= 15 is 0 Å². The van der Waals surface area contributed by atoms with E-state index in [2.05, 4.69) is 16.9 Å². The van der Waals surface area contributed by atoms with Crippen molar-refractivity contribution < 1.29 is 4.79 Å². The van der Waals surface area contributed by atoms with Crippen LogP contribution >= 0.6 is 0 Å². The van der Waals surface area contributed by atoms with Crippen molar-refractivity contribution in [2.75, 3.05) is 19.0 Å². The number of hydrazine groups is 1. The Balaban J connectivity index is 2.01. The van der Waals surface area contributed by atoms with Crippen molar-refractivity contribution in [2.45, 2.75) is 6.04 Å². The van der Waals surface area contributed by atoms with Gasteiger partial charge in [0.2, 0.25) is 0 Å². The number of anilines is 1. The smallest absolute Gasteiger partial charge is 0.265 e. The summed E-state index contributed by atoms with van der Waals surface area (Å²) in [5, 5.41) is 9.27. The van der Waals surface area contributed by atoms with Gasteiger partial charge in [-0.15, -0.1) is 0 Å². The molecule has 1 amide bonds. The summed E-state index contributed by atoms with van der Waals surface area (Å²) in [6.07, 6.45) is 0. The largest absolute Gasteiger partial charge is 0.378 e. The van der Waals surface area contributed by atoms with Gasteiger partial charge >= 0.3 is 0 Å². The Hall–Kier alpha value is -2.84.